The minimum Gasteiger partial charge on any atom is -0.363 e. The monoisotopic (exact) mass is 386 g/mol. The van der Waals surface area contributed by atoms with Crippen LogP contribution in [0.5, 0.6) is 0 Å². The van der Waals surface area contributed by atoms with Crippen molar-refractivity contribution in [2.45, 2.75) is 74.3 Å². The van der Waals surface area contributed by atoms with E-state index in [0.717, 1.165) is 32.1 Å². The van der Waals surface area contributed by atoms with Gasteiger partial charge in [-0.3, -0.25) is 0 Å². The normalized spacial score (nSPS) is 39.0. The summed E-state index contributed by atoms with van der Waals surface area (Å²) in [5.41, 5.74) is 3.83. The van der Waals surface area contributed by atoms with Crippen LogP contribution >= 0.6 is 0 Å². The van der Waals surface area contributed by atoms with Crippen LogP contribution < -0.4 is 0 Å². The van der Waals surface area contributed by atoms with Gasteiger partial charge in [0.1, 0.15) is 5.60 Å². The van der Waals surface area contributed by atoms with E-state index in [4.69, 9.17) is 9.47 Å². The maximum Gasteiger partial charge on any atom is 0.110 e. The first-order valence-corrected chi connectivity index (χ1v) is 11.4. The molecule has 0 N–H and O–H groups in total. The molecule has 2 heteroatoms. The van der Waals surface area contributed by atoms with Gasteiger partial charge in [-0.2, -0.15) is 0 Å². The third-order valence-corrected chi connectivity index (χ3v) is 8.20. The van der Waals surface area contributed by atoms with Gasteiger partial charge in [-0.05, 0) is 61.1 Å². The lowest BCUT2D eigenvalue weighted by atomic mass is 9.58. The van der Waals surface area contributed by atoms with Gasteiger partial charge < -0.3 is 9.47 Å². The quantitative estimate of drug-likeness (QED) is 0.423. The second-order valence-corrected chi connectivity index (χ2v) is 9.46. The highest BCUT2D eigenvalue weighted by Gasteiger charge is 2.75. The fourth-order valence-electron chi connectivity index (χ4n) is 7.24. The number of allylic oxidation sites excluding steroid dienone is 1. The summed E-state index contributed by atoms with van der Waals surface area (Å²) in [5, 5.41) is 0. The van der Waals surface area contributed by atoms with E-state index in [2.05, 4.69) is 61.2 Å². The van der Waals surface area contributed by atoms with Gasteiger partial charge >= 0.3 is 0 Å². The van der Waals surface area contributed by atoms with E-state index >= 15 is 0 Å². The summed E-state index contributed by atoms with van der Waals surface area (Å²) < 4.78 is 14.4. The Hall–Kier alpha value is -1.90. The van der Waals surface area contributed by atoms with Crippen molar-refractivity contribution in [3.63, 3.8) is 0 Å². The molecule has 2 bridgehead atoms. The molecule has 1 spiro atoms. The highest BCUT2D eigenvalue weighted by atomic mass is 16.6. The highest BCUT2D eigenvalue weighted by molar-refractivity contribution is 5.46. The summed E-state index contributed by atoms with van der Waals surface area (Å²) in [6.45, 7) is 3.95. The zero-order valence-electron chi connectivity index (χ0n) is 17.1. The zero-order valence-corrected chi connectivity index (χ0v) is 17.1. The average Bonchev–Trinajstić information content (AvgIpc) is 3.26. The number of fused-ring (bicyclic) bond motifs is 4. The summed E-state index contributed by atoms with van der Waals surface area (Å²) in [6.07, 6.45) is 10.4. The van der Waals surface area contributed by atoms with Gasteiger partial charge in [0.15, 0.2) is 0 Å². The van der Waals surface area contributed by atoms with Crippen molar-refractivity contribution in [3.8, 4) is 0 Å². The van der Waals surface area contributed by atoms with Crippen molar-refractivity contribution >= 4 is 0 Å². The van der Waals surface area contributed by atoms with E-state index in [0.29, 0.717) is 5.92 Å². The Labute approximate surface area is 173 Å². The maximum absolute atomic E-state index is 7.22. The molecule has 4 aliphatic rings. The predicted molar refractivity (Wildman–Crippen MR) is 115 cm³/mol. The molecule has 6 atom stereocenters. The Morgan fingerprint density at radius 2 is 1.79 bits per heavy atom. The van der Waals surface area contributed by atoms with Crippen LogP contribution in [0.15, 0.2) is 67.3 Å². The lowest BCUT2D eigenvalue weighted by Crippen LogP contribution is -2.60. The van der Waals surface area contributed by atoms with Crippen LogP contribution in [0.1, 0.15) is 79.8 Å². The molecule has 2 aromatic rings. The van der Waals surface area contributed by atoms with Gasteiger partial charge in [0.05, 0.1) is 17.8 Å². The number of hydrogen-bond donors (Lipinski definition) is 0. The van der Waals surface area contributed by atoms with Crippen LogP contribution in [0.3, 0.4) is 0 Å². The minimum absolute atomic E-state index is 0.0701. The van der Waals surface area contributed by atoms with Gasteiger partial charge in [0, 0.05) is 5.92 Å². The van der Waals surface area contributed by atoms with E-state index in [-0.39, 0.29) is 29.3 Å². The van der Waals surface area contributed by atoms with E-state index in [1.807, 2.05) is 6.08 Å². The predicted octanol–water partition coefficient (Wildman–Crippen LogP) is 6.65. The number of rotatable bonds is 5. The molecule has 0 unspecified atom stereocenters. The number of ether oxygens (including phenoxy) is 2. The molecule has 3 fully saturated rings. The van der Waals surface area contributed by atoms with Crippen molar-refractivity contribution in [1.82, 2.24) is 0 Å². The van der Waals surface area contributed by atoms with E-state index in [1.54, 1.807) is 0 Å². The Morgan fingerprint density at radius 1 is 1.00 bits per heavy atom. The van der Waals surface area contributed by atoms with E-state index in [1.165, 1.54) is 29.5 Å². The topological polar surface area (TPSA) is 18.5 Å². The molecular weight excluding hydrogens is 356 g/mol. The van der Waals surface area contributed by atoms with Gasteiger partial charge in [-0.15, -0.1) is 6.58 Å². The summed E-state index contributed by atoms with van der Waals surface area (Å²) in [7, 11) is 0. The van der Waals surface area contributed by atoms with Gasteiger partial charge in [-0.1, -0.05) is 67.1 Å². The van der Waals surface area contributed by atoms with Crippen molar-refractivity contribution in [2.24, 2.45) is 5.92 Å². The fraction of sp³-hybridized carbons (Fsp3) is 0.481. The molecule has 2 nitrogen and oxygen atoms in total. The number of hydrogen-bond acceptors (Lipinski definition) is 2. The zero-order chi connectivity index (χ0) is 19.5. The van der Waals surface area contributed by atoms with Gasteiger partial charge in [-0.25, -0.2) is 0 Å². The summed E-state index contributed by atoms with van der Waals surface area (Å²) in [6, 6.07) is 19.9. The van der Waals surface area contributed by atoms with Crippen LogP contribution in [-0.2, 0) is 9.47 Å². The SMILES string of the molecule is C=CCCC[C@@]12CCC[C@@H]3C[C@@H]4O[C@@]31[C@H](c1ccccc14)[C@H](c1ccccc1)O2. The number of benzene rings is 2. The Morgan fingerprint density at radius 3 is 2.62 bits per heavy atom. The van der Waals surface area contributed by atoms with Crippen LogP contribution in [-0.4, -0.2) is 11.2 Å². The van der Waals surface area contributed by atoms with E-state index in [9.17, 15) is 0 Å². The molecule has 0 aromatic heterocycles. The lowest BCUT2D eigenvalue weighted by Gasteiger charge is -2.52. The smallest absolute Gasteiger partial charge is 0.110 e. The van der Waals surface area contributed by atoms with Crippen LogP contribution in [0.4, 0.5) is 0 Å². The summed E-state index contributed by atoms with van der Waals surface area (Å²) >= 11 is 0. The second kappa shape index (κ2) is 6.55. The molecule has 0 radical (unpaired) electrons. The number of unbranched alkanes of at least 4 members (excludes halogenated alkanes) is 1. The Balaban J connectivity index is 1.55. The van der Waals surface area contributed by atoms with Crippen molar-refractivity contribution in [1.29, 1.82) is 0 Å². The molecule has 6 rings (SSSR count). The first-order chi connectivity index (χ1) is 14.3. The highest BCUT2D eigenvalue weighted by Crippen LogP contribution is 2.73. The Bertz CT molecular complexity index is 921. The third-order valence-electron chi connectivity index (χ3n) is 8.20. The van der Waals surface area contributed by atoms with Gasteiger partial charge in [0.25, 0.3) is 0 Å². The molecule has 1 saturated carbocycles. The first-order valence-electron chi connectivity index (χ1n) is 11.4. The van der Waals surface area contributed by atoms with Crippen LogP contribution in [0.2, 0.25) is 0 Å². The van der Waals surface area contributed by atoms with Crippen molar-refractivity contribution in [3.05, 3.63) is 83.9 Å². The lowest BCUT2D eigenvalue weighted by molar-refractivity contribution is -0.196. The molecule has 3 aliphatic heterocycles. The fourth-order valence-corrected chi connectivity index (χ4v) is 7.24. The molecule has 29 heavy (non-hydrogen) atoms. The third kappa shape index (κ3) is 2.30. The molecule has 1 aliphatic carbocycles. The van der Waals surface area contributed by atoms with Crippen molar-refractivity contribution in [2.75, 3.05) is 0 Å². The second-order valence-electron chi connectivity index (χ2n) is 9.46. The Kier molecular flexibility index (Phi) is 4.05. The summed E-state index contributed by atoms with van der Waals surface area (Å²) in [5.74, 6) is 0.880. The molecular formula is C27H30O2. The maximum atomic E-state index is 7.22. The average molecular weight is 387 g/mol. The first kappa shape index (κ1) is 17.9. The molecule has 0 amide bonds. The van der Waals surface area contributed by atoms with Crippen LogP contribution in [0.25, 0.3) is 0 Å². The standard InChI is InChI=1S/C27H30O2/c1-2-3-9-16-26-17-10-13-20-18-23-21-14-7-8-15-22(21)24(27(20,26)28-23)25(29-26)19-11-5-4-6-12-19/h2,4-8,11-12,14-15,20,23-25H,1,3,9-10,13,16-18H2/t20-,23+,24-,25+,26-,27-/m1/s1. The molecule has 150 valence electrons. The van der Waals surface area contributed by atoms with Gasteiger partial charge in [0.2, 0.25) is 0 Å². The molecule has 2 aromatic carbocycles. The summed E-state index contributed by atoms with van der Waals surface area (Å²) in [4.78, 5) is 0. The van der Waals surface area contributed by atoms with Crippen LogP contribution in [0, 0.1) is 5.92 Å². The molecule has 3 heterocycles. The van der Waals surface area contributed by atoms with Crippen molar-refractivity contribution < 1.29 is 9.47 Å². The van der Waals surface area contributed by atoms with E-state index < -0.39 is 0 Å². The molecule has 2 saturated heterocycles. The minimum atomic E-state index is -0.175. The largest absolute Gasteiger partial charge is 0.363 e.